The highest BCUT2D eigenvalue weighted by Crippen LogP contribution is 2.31. The molecule has 1 aromatic heterocycles. The van der Waals surface area contributed by atoms with Gasteiger partial charge in [0.25, 0.3) is 0 Å². The van der Waals surface area contributed by atoms with Gasteiger partial charge in [0, 0.05) is 30.1 Å². The third kappa shape index (κ3) is 7.68. The van der Waals surface area contributed by atoms with Crippen molar-refractivity contribution >= 4 is 22.7 Å². The van der Waals surface area contributed by atoms with Crippen LogP contribution < -0.4 is 4.74 Å². The number of hydrogen-bond acceptors (Lipinski definition) is 5. The van der Waals surface area contributed by atoms with E-state index in [1.807, 2.05) is 72.9 Å². The number of pyridine rings is 1. The van der Waals surface area contributed by atoms with Crippen molar-refractivity contribution in [1.29, 1.82) is 0 Å². The summed E-state index contributed by atoms with van der Waals surface area (Å²) < 4.78 is 5.68. The summed E-state index contributed by atoms with van der Waals surface area (Å²) in [5, 5.41) is 1.05. The van der Waals surface area contributed by atoms with E-state index in [4.69, 9.17) is 4.74 Å². The second kappa shape index (κ2) is 14.2. The standard InChI is InChI=1S/C36H40N2O3/c1-2-27-26-38(23-10-17-35(39)30-11-5-3-6-12-30)24-21-28(27)15-9-16-29-20-22-37-34-19-18-32(25-33(29)34)41-36(40)31-13-7-4-8-14-31/h3-8,11-14,18-20,22,25,27-28H,2,9-10,15-17,21,23-24,26H2,1H3/t27-,28+/m0/s1. The van der Waals surface area contributed by atoms with Crippen molar-refractivity contribution in [1.82, 2.24) is 9.88 Å². The van der Waals surface area contributed by atoms with Crippen molar-refractivity contribution in [3.8, 4) is 5.75 Å². The average molecular weight is 549 g/mol. The molecule has 5 heteroatoms. The van der Waals surface area contributed by atoms with Crippen LogP contribution in [0.1, 0.15) is 71.7 Å². The van der Waals surface area contributed by atoms with Crippen LogP contribution in [0.25, 0.3) is 10.9 Å². The maximum Gasteiger partial charge on any atom is 0.343 e. The van der Waals surface area contributed by atoms with Crippen molar-refractivity contribution in [2.24, 2.45) is 11.8 Å². The van der Waals surface area contributed by atoms with E-state index < -0.39 is 0 Å². The van der Waals surface area contributed by atoms with Crippen molar-refractivity contribution < 1.29 is 14.3 Å². The highest BCUT2D eigenvalue weighted by atomic mass is 16.5. The lowest BCUT2D eigenvalue weighted by Gasteiger charge is -2.38. The van der Waals surface area contributed by atoms with Crippen molar-refractivity contribution in [3.05, 3.63) is 108 Å². The van der Waals surface area contributed by atoms with Crippen molar-refractivity contribution in [3.63, 3.8) is 0 Å². The van der Waals surface area contributed by atoms with Gasteiger partial charge in [-0.3, -0.25) is 9.78 Å². The van der Waals surface area contributed by atoms with Gasteiger partial charge in [-0.15, -0.1) is 0 Å². The molecule has 3 aromatic carbocycles. The van der Waals surface area contributed by atoms with Gasteiger partial charge >= 0.3 is 5.97 Å². The lowest BCUT2D eigenvalue weighted by molar-refractivity contribution is 0.0734. The first-order chi connectivity index (χ1) is 20.1. The number of piperidine rings is 1. The molecule has 212 valence electrons. The van der Waals surface area contributed by atoms with Gasteiger partial charge in [-0.25, -0.2) is 4.79 Å². The van der Waals surface area contributed by atoms with Gasteiger partial charge in [0.1, 0.15) is 5.75 Å². The highest BCUT2D eigenvalue weighted by Gasteiger charge is 2.27. The van der Waals surface area contributed by atoms with E-state index in [0.717, 1.165) is 61.3 Å². The largest absolute Gasteiger partial charge is 0.423 e. The maximum atomic E-state index is 12.6. The zero-order chi connectivity index (χ0) is 28.4. The number of nitrogens with zero attached hydrogens (tertiary/aromatic N) is 2. The zero-order valence-electron chi connectivity index (χ0n) is 24.0. The fourth-order valence-corrected chi connectivity index (χ4v) is 6.19. The molecule has 1 aliphatic rings. The monoisotopic (exact) mass is 548 g/mol. The van der Waals surface area contributed by atoms with E-state index in [1.165, 1.54) is 24.8 Å². The first-order valence-electron chi connectivity index (χ1n) is 15.1. The normalized spacial score (nSPS) is 17.4. The van der Waals surface area contributed by atoms with Crippen molar-refractivity contribution in [2.45, 2.75) is 51.9 Å². The van der Waals surface area contributed by atoms with Crippen LogP contribution in [-0.2, 0) is 6.42 Å². The number of fused-ring (bicyclic) bond motifs is 1. The van der Waals surface area contributed by atoms with Gasteiger partial charge < -0.3 is 9.64 Å². The molecule has 0 bridgehead atoms. The summed E-state index contributed by atoms with van der Waals surface area (Å²) in [5.41, 5.74) is 3.54. The second-order valence-electron chi connectivity index (χ2n) is 11.2. The molecule has 0 saturated carbocycles. The van der Waals surface area contributed by atoms with Crippen LogP contribution in [0.5, 0.6) is 5.75 Å². The molecule has 0 aliphatic carbocycles. The van der Waals surface area contributed by atoms with E-state index in [9.17, 15) is 9.59 Å². The summed E-state index contributed by atoms with van der Waals surface area (Å²) in [7, 11) is 0. The number of ether oxygens (including phenoxy) is 1. The van der Waals surface area contributed by atoms with Gasteiger partial charge in [0.15, 0.2) is 5.78 Å². The molecule has 0 amide bonds. The van der Waals surface area contributed by atoms with Crippen LogP contribution in [0.4, 0.5) is 0 Å². The van der Waals surface area contributed by atoms with E-state index in [-0.39, 0.29) is 11.8 Å². The molecule has 41 heavy (non-hydrogen) atoms. The number of Topliss-reactive ketones (excluding diaryl/α,β-unsaturated/α-hetero) is 1. The Bertz CT molecular complexity index is 1440. The molecule has 5 rings (SSSR count). The van der Waals surface area contributed by atoms with E-state index >= 15 is 0 Å². The Balaban J connectivity index is 1.12. The Morgan fingerprint density at radius 2 is 1.66 bits per heavy atom. The number of aromatic nitrogens is 1. The Morgan fingerprint density at radius 3 is 2.41 bits per heavy atom. The average Bonchev–Trinajstić information content (AvgIpc) is 3.02. The molecule has 5 nitrogen and oxygen atoms in total. The van der Waals surface area contributed by atoms with E-state index in [0.29, 0.717) is 23.7 Å². The summed E-state index contributed by atoms with van der Waals surface area (Å²) in [6.07, 6.45) is 9.16. The predicted molar refractivity (Wildman–Crippen MR) is 164 cm³/mol. The van der Waals surface area contributed by atoms with Gasteiger partial charge in [-0.05, 0) is 99.0 Å². The molecular weight excluding hydrogens is 508 g/mol. The molecule has 2 heterocycles. The van der Waals surface area contributed by atoms with Crippen LogP contribution in [0.2, 0.25) is 0 Å². The highest BCUT2D eigenvalue weighted by molar-refractivity contribution is 5.96. The summed E-state index contributed by atoms with van der Waals surface area (Å²) in [6, 6.07) is 26.5. The van der Waals surface area contributed by atoms with E-state index in [1.54, 1.807) is 12.1 Å². The van der Waals surface area contributed by atoms with Gasteiger partial charge in [0.05, 0.1) is 11.1 Å². The van der Waals surface area contributed by atoms with Crippen LogP contribution in [-0.4, -0.2) is 41.3 Å². The smallest absolute Gasteiger partial charge is 0.343 e. The number of carbonyl (C=O) groups excluding carboxylic acids is 2. The SMILES string of the molecule is CC[C@H]1CN(CCCC(=O)c2ccccc2)CC[C@H]1CCCc1ccnc2ccc(OC(=O)c3ccccc3)cc12. The van der Waals surface area contributed by atoms with E-state index in [2.05, 4.69) is 22.9 Å². The molecule has 1 fully saturated rings. The number of likely N-dealkylation sites (tertiary alicyclic amines) is 1. The molecule has 1 saturated heterocycles. The third-order valence-electron chi connectivity index (χ3n) is 8.52. The molecule has 4 aromatic rings. The summed E-state index contributed by atoms with van der Waals surface area (Å²) in [4.78, 5) is 32.1. The minimum atomic E-state index is -0.352. The minimum Gasteiger partial charge on any atom is -0.423 e. The topological polar surface area (TPSA) is 59.5 Å². The number of esters is 1. The van der Waals surface area contributed by atoms with Crippen LogP contribution in [0.15, 0.2) is 91.1 Å². The number of aryl methyl sites for hydroxylation is 1. The lowest BCUT2D eigenvalue weighted by atomic mass is 9.80. The predicted octanol–water partition coefficient (Wildman–Crippen LogP) is 7.79. The van der Waals surface area contributed by atoms with Gasteiger partial charge in [-0.1, -0.05) is 61.9 Å². The Hall–Kier alpha value is -3.83. The fourth-order valence-electron chi connectivity index (χ4n) is 6.19. The number of benzene rings is 3. The quantitative estimate of drug-likeness (QED) is 0.103. The maximum absolute atomic E-state index is 12.6. The summed E-state index contributed by atoms with van der Waals surface area (Å²) in [5.74, 6) is 1.88. The first kappa shape index (κ1) is 28.7. The van der Waals surface area contributed by atoms with Crippen molar-refractivity contribution in [2.75, 3.05) is 19.6 Å². The van der Waals surface area contributed by atoms with Gasteiger partial charge in [-0.2, -0.15) is 0 Å². The third-order valence-corrected chi connectivity index (χ3v) is 8.52. The minimum absolute atomic E-state index is 0.248. The molecule has 2 atom stereocenters. The van der Waals surface area contributed by atoms with Crippen LogP contribution in [0, 0.1) is 11.8 Å². The molecule has 0 spiro atoms. The number of carbonyl (C=O) groups is 2. The number of rotatable bonds is 12. The molecular formula is C36H40N2O3. The molecule has 0 N–H and O–H groups in total. The fraction of sp³-hybridized carbons (Fsp3) is 0.361. The second-order valence-corrected chi connectivity index (χ2v) is 11.2. The lowest BCUT2D eigenvalue weighted by Crippen LogP contribution is -2.40. The first-order valence-corrected chi connectivity index (χ1v) is 15.1. The number of hydrogen-bond donors (Lipinski definition) is 0. The summed E-state index contributed by atoms with van der Waals surface area (Å²) >= 11 is 0. The Kier molecular flexibility index (Phi) is 9.92. The zero-order valence-corrected chi connectivity index (χ0v) is 24.0. The van der Waals surface area contributed by atoms with Crippen LogP contribution >= 0.6 is 0 Å². The molecule has 0 unspecified atom stereocenters. The van der Waals surface area contributed by atoms with Gasteiger partial charge in [0.2, 0.25) is 0 Å². The summed E-state index contributed by atoms with van der Waals surface area (Å²) in [6.45, 7) is 5.57. The molecule has 1 aliphatic heterocycles. The number of ketones is 1. The Labute approximate surface area is 243 Å². The molecule has 0 radical (unpaired) electrons. The Morgan fingerprint density at radius 1 is 0.902 bits per heavy atom. The van der Waals surface area contributed by atoms with Crippen LogP contribution in [0.3, 0.4) is 0 Å².